The highest BCUT2D eigenvalue weighted by Crippen LogP contribution is 2.30. The normalized spacial score (nSPS) is 14.4. The summed E-state index contributed by atoms with van der Waals surface area (Å²) in [4.78, 5) is 16.7. The fraction of sp³-hybridized carbons (Fsp3) is 0.120. The number of hydrogen-bond acceptors (Lipinski definition) is 5. The van der Waals surface area contributed by atoms with Crippen LogP contribution in [0.2, 0.25) is 0 Å². The number of rotatable bonds is 6. The van der Waals surface area contributed by atoms with E-state index in [4.69, 9.17) is 14.2 Å². The van der Waals surface area contributed by atoms with Crippen LogP contribution < -0.4 is 9.47 Å². The van der Waals surface area contributed by atoms with E-state index in [1.807, 2.05) is 67.6 Å². The van der Waals surface area contributed by atoms with Crippen molar-refractivity contribution in [2.75, 3.05) is 7.11 Å². The standard InChI is InChI=1S/C25H20INO4/c1-16-6-3-4-9-20(16)24-27-21(25(28)31-24)13-17-10-11-22(23(14-17)29-2)30-15-18-7-5-8-19(26)12-18/h3-14H,15H2,1-2H3/b21-13-. The Hall–Kier alpha value is -3.13. The molecular weight excluding hydrogens is 505 g/mol. The lowest BCUT2D eigenvalue weighted by Crippen LogP contribution is -2.06. The molecule has 0 spiro atoms. The number of cyclic esters (lactones) is 1. The highest BCUT2D eigenvalue weighted by atomic mass is 127. The summed E-state index contributed by atoms with van der Waals surface area (Å²) in [6.45, 7) is 2.39. The summed E-state index contributed by atoms with van der Waals surface area (Å²) >= 11 is 2.27. The molecule has 0 amide bonds. The van der Waals surface area contributed by atoms with Crippen molar-refractivity contribution in [1.29, 1.82) is 0 Å². The van der Waals surface area contributed by atoms with E-state index in [0.29, 0.717) is 24.0 Å². The Morgan fingerprint density at radius 1 is 1.03 bits per heavy atom. The van der Waals surface area contributed by atoms with E-state index in [0.717, 1.165) is 25.8 Å². The van der Waals surface area contributed by atoms with Crippen molar-refractivity contribution in [3.63, 3.8) is 0 Å². The smallest absolute Gasteiger partial charge is 0.363 e. The van der Waals surface area contributed by atoms with Gasteiger partial charge in [0.15, 0.2) is 17.2 Å². The third kappa shape index (κ3) is 4.96. The fourth-order valence-corrected chi connectivity index (χ4v) is 3.78. The summed E-state index contributed by atoms with van der Waals surface area (Å²) in [5.74, 6) is 1.05. The molecule has 31 heavy (non-hydrogen) atoms. The average Bonchev–Trinajstić information content (AvgIpc) is 3.13. The van der Waals surface area contributed by atoms with Crippen molar-refractivity contribution >= 4 is 40.5 Å². The van der Waals surface area contributed by atoms with Crippen LogP contribution in [-0.2, 0) is 16.1 Å². The molecule has 5 nitrogen and oxygen atoms in total. The molecule has 1 aliphatic heterocycles. The second-order valence-corrected chi connectivity index (χ2v) is 8.23. The van der Waals surface area contributed by atoms with Gasteiger partial charge in [-0.05, 0) is 82.6 Å². The third-order valence-corrected chi connectivity index (χ3v) is 5.44. The third-order valence-electron chi connectivity index (χ3n) is 4.77. The Labute approximate surface area is 194 Å². The van der Waals surface area contributed by atoms with Crippen molar-refractivity contribution in [2.45, 2.75) is 13.5 Å². The highest BCUT2D eigenvalue weighted by Gasteiger charge is 2.25. The SMILES string of the molecule is COc1cc(/C=C2\N=C(c3ccccc3C)OC2=O)ccc1OCc1cccc(I)c1. The lowest BCUT2D eigenvalue weighted by atomic mass is 10.1. The Bertz CT molecular complexity index is 1200. The van der Waals surface area contributed by atoms with Gasteiger partial charge in [-0.2, -0.15) is 0 Å². The van der Waals surface area contributed by atoms with E-state index >= 15 is 0 Å². The second-order valence-electron chi connectivity index (χ2n) is 6.98. The number of halogens is 1. The van der Waals surface area contributed by atoms with Gasteiger partial charge in [-0.25, -0.2) is 9.79 Å². The number of aliphatic imine (C=N–C) groups is 1. The molecule has 0 aliphatic carbocycles. The van der Waals surface area contributed by atoms with Crippen LogP contribution in [0.4, 0.5) is 0 Å². The van der Waals surface area contributed by atoms with E-state index in [1.165, 1.54) is 0 Å². The molecule has 0 fully saturated rings. The molecule has 0 saturated heterocycles. The fourth-order valence-electron chi connectivity index (χ4n) is 3.18. The molecule has 3 aromatic carbocycles. The number of benzene rings is 3. The summed E-state index contributed by atoms with van der Waals surface area (Å²) in [6.07, 6.45) is 1.68. The van der Waals surface area contributed by atoms with Crippen LogP contribution in [0, 0.1) is 10.5 Å². The lowest BCUT2D eigenvalue weighted by Gasteiger charge is -2.11. The van der Waals surface area contributed by atoms with Crippen LogP contribution in [-0.4, -0.2) is 19.0 Å². The van der Waals surface area contributed by atoms with Crippen LogP contribution >= 0.6 is 22.6 Å². The van der Waals surface area contributed by atoms with Gasteiger partial charge in [-0.15, -0.1) is 0 Å². The predicted molar refractivity (Wildman–Crippen MR) is 128 cm³/mol. The summed E-state index contributed by atoms with van der Waals surface area (Å²) in [7, 11) is 1.59. The Morgan fingerprint density at radius 2 is 1.87 bits per heavy atom. The van der Waals surface area contributed by atoms with Gasteiger partial charge in [-0.1, -0.05) is 36.4 Å². The molecule has 1 heterocycles. The van der Waals surface area contributed by atoms with Gasteiger partial charge in [0.1, 0.15) is 6.61 Å². The zero-order valence-corrected chi connectivity index (χ0v) is 19.3. The maximum absolute atomic E-state index is 12.3. The minimum atomic E-state index is -0.476. The predicted octanol–water partition coefficient (Wildman–Crippen LogP) is 5.53. The molecule has 4 rings (SSSR count). The maximum Gasteiger partial charge on any atom is 0.363 e. The van der Waals surface area contributed by atoms with Crippen LogP contribution in [0.1, 0.15) is 22.3 Å². The number of methoxy groups -OCH3 is 1. The maximum atomic E-state index is 12.3. The van der Waals surface area contributed by atoms with Gasteiger partial charge in [-0.3, -0.25) is 0 Å². The largest absolute Gasteiger partial charge is 0.493 e. The van der Waals surface area contributed by atoms with Crippen molar-refractivity contribution in [3.05, 3.63) is 98.3 Å². The number of carbonyl (C=O) groups excluding carboxylic acids is 1. The van der Waals surface area contributed by atoms with E-state index in [2.05, 4.69) is 33.6 Å². The molecule has 0 saturated carbocycles. The van der Waals surface area contributed by atoms with E-state index in [1.54, 1.807) is 13.2 Å². The topological polar surface area (TPSA) is 57.1 Å². The molecule has 0 bridgehead atoms. The minimum Gasteiger partial charge on any atom is -0.493 e. The molecule has 0 unspecified atom stereocenters. The van der Waals surface area contributed by atoms with E-state index in [9.17, 15) is 4.79 Å². The first kappa shape index (κ1) is 21.1. The second kappa shape index (κ2) is 9.34. The van der Waals surface area contributed by atoms with Gasteiger partial charge in [0.25, 0.3) is 0 Å². The number of esters is 1. The zero-order valence-electron chi connectivity index (χ0n) is 17.1. The molecule has 6 heteroatoms. The van der Waals surface area contributed by atoms with Crippen molar-refractivity contribution in [3.8, 4) is 11.5 Å². The lowest BCUT2D eigenvalue weighted by molar-refractivity contribution is -0.129. The van der Waals surface area contributed by atoms with Crippen molar-refractivity contribution in [2.24, 2.45) is 4.99 Å². The van der Waals surface area contributed by atoms with Crippen LogP contribution in [0.3, 0.4) is 0 Å². The Balaban J connectivity index is 1.55. The molecule has 1 aliphatic rings. The summed E-state index contributed by atoms with van der Waals surface area (Å²) in [5, 5.41) is 0. The quantitative estimate of drug-likeness (QED) is 0.241. The number of ether oxygens (including phenoxy) is 3. The average molecular weight is 525 g/mol. The van der Waals surface area contributed by atoms with E-state index < -0.39 is 5.97 Å². The number of hydrogen-bond donors (Lipinski definition) is 0. The first-order valence-corrected chi connectivity index (χ1v) is 10.8. The summed E-state index contributed by atoms with van der Waals surface area (Å²) < 4.78 is 18.0. The summed E-state index contributed by atoms with van der Waals surface area (Å²) in [6, 6.07) is 21.3. The van der Waals surface area contributed by atoms with E-state index in [-0.39, 0.29) is 5.70 Å². The molecule has 0 N–H and O–H groups in total. The molecule has 0 radical (unpaired) electrons. The first-order valence-electron chi connectivity index (χ1n) is 9.67. The monoisotopic (exact) mass is 525 g/mol. The molecular formula is C25H20INO4. The van der Waals surface area contributed by atoms with Crippen LogP contribution in [0.15, 0.2) is 77.4 Å². The number of aryl methyl sites for hydroxylation is 1. The highest BCUT2D eigenvalue weighted by molar-refractivity contribution is 14.1. The van der Waals surface area contributed by atoms with Gasteiger partial charge >= 0.3 is 5.97 Å². The van der Waals surface area contributed by atoms with Crippen molar-refractivity contribution < 1.29 is 19.0 Å². The Kier molecular flexibility index (Phi) is 6.36. The summed E-state index contributed by atoms with van der Waals surface area (Å²) in [5.41, 5.74) is 3.88. The van der Waals surface area contributed by atoms with Gasteiger partial charge in [0, 0.05) is 9.13 Å². The van der Waals surface area contributed by atoms with Crippen LogP contribution in [0.5, 0.6) is 11.5 Å². The molecule has 3 aromatic rings. The van der Waals surface area contributed by atoms with Crippen LogP contribution in [0.25, 0.3) is 6.08 Å². The number of carbonyl (C=O) groups is 1. The first-order chi connectivity index (χ1) is 15.0. The van der Waals surface area contributed by atoms with Crippen molar-refractivity contribution in [1.82, 2.24) is 0 Å². The molecule has 0 aromatic heterocycles. The molecule has 0 atom stereocenters. The number of nitrogens with zero attached hydrogens (tertiary/aromatic N) is 1. The molecule has 156 valence electrons. The van der Waals surface area contributed by atoms with Gasteiger partial charge in [0.05, 0.1) is 7.11 Å². The Morgan fingerprint density at radius 3 is 2.65 bits per heavy atom. The van der Waals surface area contributed by atoms with Gasteiger partial charge in [0.2, 0.25) is 5.90 Å². The van der Waals surface area contributed by atoms with Gasteiger partial charge < -0.3 is 14.2 Å². The minimum absolute atomic E-state index is 0.243. The zero-order chi connectivity index (χ0) is 21.8.